The molecule has 4 fully saturated rings. The lowest BCUT2D eigenvalue weighted by Gasteiger charge is -2.57. The Kier molecular flexibility index (Phi) is 5.67. The second-order valence-corrected chi connectivity index (χ2v) is 11.5. The number of hydrogen-bond donors (Lipinski definition) is 1. The van der Waals surface area contributed by atoms with Crippen molar-refractivity contribution in [3.8, 4) is 6.07 Å². The molecule has 31 heavy (non-hydrogen) atoms. The summed E-state index contributed by atoms with van der Waals surface area (Å²) < 4.78 is 7.31. The maximum Gasteiger partial charge on any atom is 0.162 e. The molecule has 1 aromatic rings. The Morgan fingerprint density at radius 2 is 2.00 bits per heavy atom. The van der Waals surface area contributed by atoms with Gasteiger partial charge in [-0.2, -0.15) is 10.4 Å². The van der Waals surface area contributed by atoms with Gasteiger partial charge in [0.2, 0.25) is 0 Å². The van der Waals surface area contributed by atoms with Crippen LogP contribution >= 0.6 is 0 Å². The molecule has 0 spiro atoms. The average molecular weight is 426 g/mol. The normalized spacial score (nSPS) is 44.2. The molecule has 4 aliphatic carbocycles. The van der Waals surface area contributed by atoms with E-state index in [0.29, 0.717) is 23.6 Å². The van der Waals surface area contributed by atoms with Gasteiger partial charge >= 0.3 is 0 Å². The zero-order chi connectivity index (χ0) is 21.6. The monoisotopic (exact) mass is 425 g/mol. The van der Waals surface area contributed by atoms with E-state index in [9.17, 15) is 5.11 Å². The Hall–Kier alpha value is -1.38. The molecule has 4 saturated carbocycles. The summed E-state index contributed by atoms with van der Waals surface area (Å²) in [5.41, 5.74) is 0.421. The van der Waals surface area contributed by atoms with Gasteiger partial charge in [0.05, 0.1) is 12.2 Å². The number of aliphatic hydroxyl groups is 1. The van der Waals surface area contributed by atoms with Crippen LogP contribution in [-0.2, 0) is 11.3 Å². The van der Waals surface area contributed by atoms with Gasteiger partial charge in [-0.25, -0.2) is 0 Å². The van der Waals surface area contributed by atoms with Crippen molar-refractivity contribution >= 4 is 0 Å². The van der Waals surface area contributed by atoms with E-state index >= 15 is 0 Å². The third-order valence-corrected chi connectivity index (χ3v) is 10.2. The van der Waals surface area contributed by atoms with Crippen LogP contribution in [0.25, 0.3) is 0 Å². The van der Waals surface area contributed by atoms with Gasteiger partial charge in [-0.05, 0) is 111 Å². The summed E-state index contributed by atoms with van der Waals surface area (Å²) in [5, 5.41) is 24.4. The van der Waals surface area contributed by atoms with Crippen molar-refractivity contribution in [3.05, 3.63) is 18.0 Å². The lowest BCUT2D eigenvalue weighted by atomic mass is 9.49. The van der Waals surface area contributed by atoms with E-state index in [1.54, 1.807) is 7.11 Å². The molecular weight excluding hydrogens is 386 g/mol. The Bertz CT molecular complexity index is 831. The van der Waals surface area contributed by atoms with Crippen LogP contribution in [0.3, 0.4) is 0 Å². The fourth-order valence-electron chi connectivity index (χ4n) is 8.78. The van der Waals surface area contributed by atoms with Crippen LogP contribution < -0.4 is 0 Å². The number of aryl methyl sites for hydroxylation is 1. The predicted molar refractivity (Wildman–Crippen MR) is 119 cm³/mol. The summed E-state index contributed by atoms with van der Waals surface area (Å²) in [6, 6.07) is 3.96. The highest BCUT2D eigenvalue weighted by atomic mass is 16.5. The second-order valence-electron chi connectivity index (χ2n) is 11.5. The van der Waals surface area contributed by atoms with Gasteiger partial charge in [-0.1, -0.05) is 6.92 Å². The van der Waals surface area contributed by atoms with E-state index in [1.807, 2.05) is 16.9 Å². The quantitative estimate of drug-likeness (QED) is 0.736. The fourth-order valence-corrected chi connectivity index (χ4v) is 8.78. The fraction of sp³-hybridized carbons (Fsp3) is 0.846. The predicted octanol–water partition coefficient (Wildman–Crippen LogP) is 4.79. The molecule has 1 aromatic heterocycles. The molecule has 8 atom stereocenters. The van der Waals surface area contributed by atoms with Gasteiger partial charge in [0.25, 0.3) is 0 Å². The summed E-state index contributed by atoms with van der Waals surface area (Å²) in [5.74, 6) is 4.97. The Morgan fingerprint density at radius 1 is 1.16 bits per heavy atom. The van der Waals surface area contributed by atoms with Gasteiger partial charge in [0.1, 0.15) is 6.07 Å². The maximum absolute atomic E-state index is 11.0. The van der Waals surface area contributed by atoms with E-state index in [4.69, 9.17) is 10.00 Å². The van der Waals surface area contributed by atoms with Gasteiger partial charge < -0.3 is 9.84 Å². The molecule has 0 saturated heterocycles. The number of ether oxygens (including phenoxy) is 1. The number of nitrogens with zero attached hydrogens (tertiary/aromatic N) is 3. The number of hydrogen-bond acceptors (Lipinski definition) is 4. The molecule has 5 nitrogen and oxygen atoms in total. The lowest BCUT2D eigenvalue weighted by molar-refractivity contribution is -0.124. The van der Waals surface area contributed by atoms with Crippen LogP contribution in [0.5, 0.6) is 0 Å². The minimum atomic E-state index is -0.581. The first-order valence-corrected chi connectivity index (χ1v) is 12.6. The van der Waals surface area contributed by atoms with Crippen molar-refractivity contribution < 1.29 is 9.84 Å². The van der Waals surface area contributed by atoms with Crippen molar-refractivity contribution in [2.75, 3.05) is 13.7 Å². The van der Waals surface area contributed by atoms with E-state index < -0.39 is 5.60 Å². The maximum atomic E-state index is 11.0. The molecule has 5 rings (SSSR count). The largest absolute Gasteiger partial charge is 0.387 e. The molecule has 4 aliphatic rings. The third-order valence-electron chi connectivity index (χ3n) is 10.2. The molecule has 0 unspecified atom stereocenters. The van der Waals surface area contributed by atoms with Crippen molar-refractivity contribution in [2.24, 2.45) is 40.9 Å². The molecule has 1 N–H and O–H groups in total. The smallest absolute Gasteiger partial charge is 0.162 e. The minimum absolute atomic E-state index is 0.477. The first-order valence-electron chi connectivity index (χ1n) is 12.6. The Labute approximate surface area is 187 Å². The highest BCUT2D eigenvalue weighted by Crippen LogP contribution is 2.65. The highest BCUT2D eigenvalue weighted by molar-refractivity contribution is 5.16. The van der Waals surface area contributed by atoms with Crippen LogP contribution in [0.1, 0.15) is 76.8 Å². The van der Waals surface area contributed by atoms with Crippen molar-refractivity contribution in [1.29, 1.82) is 5.26 Å². The van der Waals surface area contributed by atoms with Crippen LogP contribution in [0.2, 0.25) is 0 Å². The molecule has 0 aliphatic heterocycles. The average Bonchev–Trinajstić information content (AvgIpc) is 3.35. The van der Waals surface area contributed by atoms with Crippen LogP contribution in [0.15, 0.2) is 12.3 Å². The topological polar surface area (TPSA) is 71.1 Å². The minimum Gasteiger partial charge on any atom is -0.387 e. The van der Waals surface area contributed by atoms with Crippen LogP contribution in [0, 0.1) is 52.3 Å². The summed E-state index contributed by atoms with van der Waals surface area (Å²) in [6.07, 6.45) is 14.4. The van der Waals surface area contributed by atoms with Crippen molar-refractivity contribution in [2.45, 2.75) is 83.3 Å². The van der Waals surface area contributed by atoms with Crippen LogP contribution in [0.4, 0.5) is 0 Å². The van der Waals surface area contributed by atoms with Gasteiger partial charge in [-0.3, -0.25) is 4.68 Å². The molecule has 170 valence electrons. The van der Waals surface area contributed by atoms with Crippen molar-refractivity contribution in [1.82, 2.24) is 9.78 Å². The molecule has 0 radical (unpaired) electrons. The Morgan fingerprint density at radius 3 is 2.77 bits per heavy atom. The highest BCUT2D eigenvalue weighted by Gasteiger charge is 2.57. The number of aromatic nitrogens is 2. The van der Waals surface area contributed by atoms with E-state index in [1.165, 1.54) is 51.4 Å². The lowest BCUT2D eigenvalue weighted by Crippen LogP contribution is -2.51. The zero-order valence-corrected chi connectivity index (χ0v) is 19.3. The molecule has 1 heterocycles. The van der Waals surface area contributed by atoms with E-state index in [0.717, 1.165) is 49.0 Å². The van der Waals surface area contributed by atoms with E-state index in [-0.39, 0.29) is 0 Å². The number of fused-ring (bicyclic) bond motifs is 5. The number of methoxy groups -OCH3 is 1. The van der Waals surface area contributed by atoms with Gasteiger partial charge in [0, 0.05) is 19.9 Å². The van der Waals surface area contributed by atoms with Crippen LogP contribution in [-0.4, -0.2) is 34.2 Å². The second kappa shape index (κ2) is 8.19. The molecule has 0 amide bonds. The first kappa shape index (κ1) is 21.5. The first-order chi connectivity index (χ1) is 15.0. The SMILES string of the molecule is COC[C@@]1(O)CC[C@H]2[C@H](CC[C@@H]3[C@@H]2CC[C@]2(C)[C@@H](CCn4ccc(C#N)n4)CC[C@@H]32)C1. The molecule has 5 heteroatoms. The molecular formula is C26H39N3O2. The van der Waals surface area contributed by atoms with Crippen molar-refractivity contribution in [3.63, 3.8) is 0 Å². The summed E-state index contributed by atoms with van der Waals surface area (Å²) in [6.45, 7) is 4.03. The van der Waals surface area contributed by atoms with Gasteiger partial charge in [-0.15, -0.1) is 0 Å². The number of rotatable bonds is 5. The summed E-state index contributed by atoms with van der Waals surface area (Å²) in [7, 11) is 1.72. The van der Waals surface area contributed by atoms with E-state index in [2.05, 4.69) is 18.1 Å². The molecule has 0 aromatic carbocycles. The third kappa shape index (κ3) is 3.74. The summed E-state index contributed by atoms with van der Waals surface area (Å²) in [4.78, 5) is 0. The zero-order valence-electron chi connectivity index (χ0n) is 19.3. The standard InChI is InChI=1S/C26H39N3O2/c1-25-11-7-22-21-8-12-26(30,17-31-2)15-18(21)3-5-23(22)24(25)6-4-19(25)9-13-29-14-10-20(16-27)28-29/h10,14,18-19,21-24,30H,3-9,11-13,15,17H2,1-2H3/t18-,19-,21+,22-,23-,24+,25-,26-/m1/s1. The Balaban J connectivity index is 1.24. The van der Waals surface area contributed by atoms with Gasteiger partial charge in [0.15, 0.2) is 5.69 Å². The number of nitriles is 1. The molecule has 0 bridgehead atoms. The summed E-state index contributed by atoms with van der Waals surface area (Å²) >= 11 is 0.